The van der Waals surface area contributed by atoms with E-state index in [1.165, 1.54) is 5.56 Å². The molecule has 0 spiro atoms. The van der Waals surface area contributed by atoms with Crippen LogP contribution in [0.15, 0.2) is 24.3 Å². The van der Waals surface area contributed by atoms with Crippen molar-refractivity contribution in [1.82, 2.24) is 5.32 Å². The molecule has 0 unspecified atom stereocenters. The first-order valence-electron chi connectivity index (χ1n) is 5.74. The monoisotopic (exact) mass is 237 g/mol. The Labute approximate surface area is 102 Å². The lowest BCUT2D eigenvalue weighted by molar-refractivity contribution is 0.119. The van der Waals surface area contributed by atoms with Crippen LogP contribution in [0.1, 0.15) is 30.9 Å². The van der Waals surface area contributed by atoms with Crippen LogP contribution in [0.4, 0.5) is 4.79 Å². The Balaban J connectivity index is 2.39. The van der Waals surface area contributed by atoms with Crippen LogP contribution in [-0.2, 0) is 11.3 Å². The maximum atomic E-state index is 11.1. The normalized spacial score (nSPS) is 10.4. The van der Waals surface area contributed by atoms with Crippen molar-refractivity contribution in [3.63, 3.8) is 0 Å². The maximum Gasteiger partial charge on any atom is 0.407 e. The summed E-state index contributed by atoms with van der Waals surface area (Å²) in [5, 5.41) is 11.1. The minimum Gasteiger partial charge on any atom is -0.447 e. The summed E-state index contributed by atoms with van der Waals surface area (Å²) in [5.41, 5.74) is 2.30. The minimum absolute atomic E-state index is 0.0259. The van der Waals surface area contributed by atoms with Crippen LogP contribution in [0.2, 0.25) is 0 Å². The third kappa shape index (κ3) is 4.87. The molecule has 1 rings (SSSR count). The second kappa shape index (κ2) is 6.91. The molecule has 0 aliphatic carbocycles. The average Bonchev–Trinajstić information content (AvgIpc) is 2.34. The van der Waals surface area contributed by atoms with Gasteiger partial charge >= 0.3 is 6.09 Å². The largest absolute Gasteiger partial charge is 0.447 e. The van der Waals surface area contributed by atoms with Crippen molar-refractivity contribution < 1.29 is 14.6 Å². The van der Waals surface area contributed by atoms with Gasteiger partial charge in [0.2, 0.25) is 0 Å². The molecular weight excluding hydrogens is 218 g/mol. The number of hydrogen-bond acceptors (Lipinski definition) is 3. The van der Waals surface area contributed by atoms with E-state index in [1.807, 2.05) is 12.1 Å². The highest BCUT2D eigenvalue weighted by Gasteiger charge is 2.02. The number of nitrogens with one attached hydrogen (secondary N) is 1. The van der Waals surface area contributed by atoms with Crippen LogP contribution in [0.5, 0.6) is 0 Å². The standard InChI is InChI=1S/C13H19NO3/c1-10(2)12-5-3-11(4-6-12)9-14-13(16)17-8-7-15/h3-6,10,15H,7-9H2,1-2H3,(H,14,16). The molecule has 1 amide bonds. The van der Waals surface area contributed by atoms with Crippen LogP contribution >= 0.6 is 0 Å². The topological polar surface area (TPSA) is 58.6 Å². The van der Waals surface area contributed by atoms with E-state index in [2.05, 4.69) is 36.0 Å². The summed E-state index contributed by atoms with van der Waals surface area (Å²) < 4.78 is 4.67. The fourth-order valence-corrected chi connectivity index (χ4v) is 1.38. The van der Waals surface area contributed by atoms with Gasteiger partial charge in [0.25, 0.3) is 0 Å². The number of carbonyl (C=O) groups is 1. The Kier molecular flexibility index (Phi) is 5.49. The summed E-state index contributed by atoms with van der Waals surface area (Å²) in [7, 11) is 0. The van der Waals surface area contributed by atoms with Gasteiger partial charge in [-0.25, -0.2) is 4.79 Å². The highest BCUT2D eigenvalue weighted by Crippen LogP contribution is 2.14. The van der Waals surface area contributed by atoms with Crippen molar-refractivity contribution in [3.05, 3.63) is 35.4 Å². The molecule has 1 aromatic carbocycles. The zero-order valence-electron chi connectivity index (χ0n) is 10.3. The molecule has 0 radical (unpaired) electrons. The fourth-order valence-electron chi connectivity index (χ4n) is 1.38. The zero-order chi connectivity index (χ0) is 12.7. The first-order valence-corrected chi connectivity index (χ1v) is 5.74. The number of aliphatic hydroxyl groups is 1. The Morgan fingerprint density at radius 1 is 1.35 bits per heavy atom. The maximum absolute atomic E-state index is 11.1. The van der Waals surface area contributed by atoms with Crippen molar-refractivity contribution in [1.29, 1.82) is 0 Å². The molecular formula is C13H19NO3. The van der Waals surface area contributed by atoms with Crippen LogP contribution in [0, 0.1) is 0 Å². The number of aliphatic hydroxyl groups excluding tert-OH is 1. The summed E-state index contributed by atoms with van der Waals surface area (Å²) in [5.74, 6) is 0.506. The summed E-state index contributed by atoms with van der Waals surface area (Å²) in [6.07, 6.45) is -0.507. The van der Waals surface area contributed by atoms with Crippen LogP contribution in [0.25, 0.3) is 0 Å². The van der Waals surface area contributed by atoms with Crippen LogP contribution in [-0.4, -0.2) is 24.4 Å². The van der Waals surface area contributed by atoms with Crippen molar-refractivity contribution in [2.24, 2.45) is 0 Å². The van der Waals surface area contributed by atoms with E-state index < -0.39 is 6.09 Å². The molecule has 1 aromatic rings. The van der Waals surface area contributed by atoms with E-state index in [9.17, 15) is 4.79 Å². The van der Waals surface area contributed by atoms with Gasteiger partial charge in [-0.3, -0.25) is 0 Å². The highest BCUT2D eigenvalue weighted by molar-refractivity contribution is 5.67. The summed E-state index contributed by atoms with van der Waals surface area (Å²) in [6, 6.07) is 8.09. The number of benzene rings is 1. The molecule has 4 nitrogen and oxygen atoms in total. The lowest BCUT2D eigenvalue weighted by Gasteiger charge is -2.08. The number of hydrogen-bond donors (Lipinski definition) is 2. The number of rotatable bonds is 5. The summed E-state index contributed by atoms with van der Waals surface area (Å²) in [4.78, 5) is 11.1. The van der Waals surface area contributed by atoms with Crippen LogP contribution in [0.3, 0.4) is 0 Å². The van der Waals surface area contributed by atoms with Gasteiger partial charge in [-0.1, -0.05) is 38.1 Å². The number of amides is 1. The van der Waals surface area contributed by atoms with Crippen molar-refractivity contribution in [3.8, 4) is 0 Å². The van der Waals surface area contributed by atoms with E-state index in [-0.39, 0.29) is 13.2 Å². The van der Waals surface area contributed by atoms with Gasteiger partial charge in [0.05, 0.1) is 6.61 Å². The van der Waals surface area contributed by atoms with E-state index in [1.54, 1.807) is 0 Å². The lowest BCUT2D eigenvalue weighted by Crippen LogP contribution is -2.24. The van der Waals surface area contributed by atoms with Gasteiger partial charge in [-0.15, -0.1) is 0 Å². The molecule has 0 atom stereocenters. The quantitative estimate of drug-likeness (QED) is 0.823. The van der Waals surface area contributed by atoms with Gasteiger partial charge in [0.15, 0.2) is 0 Å². The Hall–Kier alpha value is -1.55. The second-order valence-corrected chi connectivity index (χ2v) is 4.11. The van der Waals surface area contributed by atoms with E-state index in [0.717, 1.165) is 5.56 Å². The van der Waals surface area contributed by atoms with E-state index in [0.29, 0.717) is 12.5 Å². The summed E-state index contributed by atoms with van der Waals surface area (Å²) in [6.45, 7) is 4.58. The molecule has 4 heteroatoms. The molecule has 0 saturated heterocycles. The number of ether oxygens (including phenoxy) is 1. The lowest BCUT2D eigenvalue weighted by atomic mass is 10.0. The first-order chi connectivity index (χ1) is 8.13. The molecule has 0 bridgehead atoms. The fraction of sp³-hybridized carbons (Fsp3) is 0.462. The Morgan fingerprint density at radius 3 is 2.53 bits per heavy atom. The first kappa shape index (κ1) is 13.5. The van der Waals surface area contributed by atoms with Crippen molar-refractivity contribution in [2.75, 3.05) is 13.2 Å². The van der Waals surface area contributed by atoms with Gasteiger partial charge < -0.3 is 15.2 Å². The molecule has 94 valence electrons. The average molecular weight is 237 g/mol. The van der Waals surface area contributed by atoms with Gasteiger partial charge in [0, 0.05) is 6.54 Å². The molecule has 0 aliphatic heterocycles. The highest BCUT2D eigenvalue weighted by atomic mass is 16.6. The second-order valence-electron chi connectivity index (χ2n) is 4.11. The van der Waals surface area contributed by atoms with Gasteiger partial charge in [0.1, 0.15) is 6.61 Å². The zero-order valence-corrected chi connectivity index (χ0v) is 10.3. The Morgan fingerprint density at radius 2 is 2.00 bits per heavy atom. The third-order valence-electron chi connectivity index (χ3n) is 2.41. The molecule has 0 fully saturated rings. The van der Waals surface area contributed by atoms with Gasteiger partial charge in [-0.2, -0.15) is 0 Å². The SMILES string of the molecule is CC(C)c1ccc(CNC(=O)OCCO)cc1. The molecule has 0 heterocycles. The predicted octanol–water partition coefficient (Wildman–Crippen LogP) is 2.03. The molecule has 2 N–H and O–H groups in total. The van der Waals surface area contributed by atoms with Gasteiger partial charge in [-0.05, 0) is 17.0 Å². The third-order valence-corrected chi connectivity index (χ3v) is 2.41. The molecule has 0 aliphatic rings. The van der Waals surface area contributed by atoms with E-state index in [4.69, 9.17) is 5.11 Å². The van der Waals surface area contributed by atoms with Crippen molar-refractivity contribution in [2.45, 2.75) is 26.3 Å². The molecule has 0 aromatic heterocycles. The van der Waals surface area contributed by atoms with E-state index >= 15 is 0 Å². The smallest absolute Gasteiger partial charge is 0.407 e. The summed E-state index contributed by atoms with van der Waals surface area (Å²) >= 11 is 0. The minimum atomic E-state index is -0.507. The number of alkyl carbamates (subject to hydrolysis) is 1. The van der Waals surface area contributed by atoms with Crippen molar-refractivity contribution >= 4 is 6.09 Å². The molecule has 17 heavy (non-hydrogen) atoms. The van der Waals surface area contributed by atoms with Crippen LogP contribution < -0.4 is 5.32 Å². The number of carbonyl (C=O) groups excluding carboxylic acids is 1. The molecule has 0 saturated carbocycles. The Bertz CT molecular complexity index is 346. The predicted molar refractivity (Wildman–Crippen MR) is 65.8 cm³/mol.